The Morgan fingerprint density at radius 3 is 1.83 bits per heavy atom. The summed E-state index contributed by atoms with van der Waals surface area (Å²) >= 11 is 0. The fourth-order valence-electron chi connectivity index (χ4n) is 3.02. The van der Waals surface area contributed by atoms with Gasteiger partial charge in [-0.25, -0.2) is 14.4 Å². The molecule has 0 amide bonds. The number of hydrogen-bond acceptors (Lipinski definition) is 8. The zero-order chi connectivity index (χ0) is 25.9. The first-order chi connectivity index (χ1) is 16.5. The van der Waals surface area contributed by atoms with Crippen molar-refractivity contribution in [1.29, 1.82) is 0 Å². The van der Waals surface area contributed by atoms with E-state index in [4.69, 9.17) is 28.8 Å². The highest BCUT2D eigenvalue weighted by molar-refractivity contribution is 5.89. The summed E-state index contributed by atoms with van der Waals surface area (Å²) < 4.78 is 21.7. The third-order valence-corrected chi connectivity index (χ3v) is 4.95. The Labute approximate surface area is 198 Å². The number of benzene rings is 2. The van der Waals surface area contributed by atoms with Crippen molar-refractivity contribution in [2.75, 3.05) is 0 Å². The van der Waals surface area contributed by atoms with E-state index in [2.05, 4.69) is 0 Å². The molecule has 0 saturated heterocycles. The van der Waals surface area contributed by atoms with E-state index in [1.54, 1.807) is 0 Å². The average Bonchev–Trinajstić information content (AvgIpc) is 2.79. The van der Waals surface area contributed by atoms with Crippen LogP contribution in [0.3, 0.4) is 0 Å². The Hall–Kier alpha value is -4.54. The van der Waals surface area contributed by atoms with Crippen molar-refractivity contribution < 1.29 is 48.3 Å². The molecule has 0 aliphatic rings. The van der Waals surface area contributed by atoms with Crippen LogP contribution in [0.15, 0.2) is 51.9 Å². The van der Waals surface area contributed by atoms with Gasteiger partial charge in [0.05, 0.1) is 5.56 Å². The monoisotopic (exact) mass is 486 g/mol. The molecule has 0 radical (unpaired) electrons. The first-order valence-corrected chi connectivity index (χ1v) is 10.4. The SMILES string of the molecule is C[C@H](Oc1ccc(-c2coc3cc(O[C@H](C)C(=O)O)cc(O[C@@H](C)C(=O)O)c3c2=O)cc1)C(=O)O. The van der Waals surface area contributed by atoms with Crippen LogP contribution >= 0.6 is 0 Å². The molecule has 1 aromatic heterocycles. The fourth-order valence-corrected chi connectivity index (χ4v) is 3.02. The lowest BCUT2D eigenvalue weighted by Crippen LogP contribution is -2.24. The summed E-state index contributed by atoms with van der Waals surface area (Å²) in [6.07, 6.45) is -2.44. The predicted octanol–water partition coefficient (Wildman–Crippen LogP) is 3.02. The van der Waals surface area contributed by atoms with Gasteiger partial charge in [-0.2, -0.15) is 0 Å². The Kier molecular flexibility index (Phi) is 7.28. The molecule has 3 N–H and O–H groups in total. The lowest BCUT2D eigenvalue weighted by Gasteiger charge is -2.16. The molecule has 0 spiro atoms. The summed E-state index contributed by atoms with van der Waals surface area (Å²) in [6.45, 7) is 3.95. The van der Waals surface area contributed by atoms with E-state index >= 15 is 0 Å². The van der Waals surface area contributed by atoms with E-state index in [1.807, 2.05) is 0 Å². The zero-order valence-corrected chi connectivity index (χ0v) is 18.9. The number of fused-ring (bicyclic) bond motifs is 1. The van der Waals surface area contributed by atoms with Crippen LogP contribution in [0.5, 0.6) is 17.2 Å². The molecule has 3 aromatic rings. The summed E-state index contributed by atoms with van der Waals surface area (Å²) in [5, 5.41) is 27.2. The van der Waals surface area contributed by atoms with Gasteiger partial charge in [-0.15, -0.1) is 0 Å². The fraction of sp³-hybridized carbons (Fsp3) is 0.250. The van der Waals surface area contributed by atoms with E-state index in [-0.39, 0.29) is 33.8 Å². The highest BCUT2D eigenvalue weighted by atomic mass is 16.5. The summed E-state index contributed by atoms with van der Waals surface area (Å²) in [5.41, 5.74) is 0.00433. The van der Waals surface area contributed by atoms with Crippen molar-refractivity contribution in [2.45, 2.75) is 39.1 Å². The van der Waals surface area contributed by atoms with E-state index < -0.39 is 41.6 Å². The van der Waals surface area contributed by atoms with Gasteiger partial charge in [0.15, 0.2) is 18.3 Å². The van der Waals surface area contributed by atoms with Gasteiger partial charge in [0.2, 0.25) is 5.43 Å². The Morgan fingerprint density at radius 2 is 1.29 bits per heavy atom. The van der Waals surface area contributed by atoms with Crippen LogP contribution in [0.1, 0.15) is 20.8 Å². The molecule has 3 atom stereocenters. The molecule has 35 heavy (non-hydrogen) atoms. The second-order valence-electron chi connectivity index (χ2n) is 7.59. The number of carboxylic acid groups (broad SMARTS) is 3. The van der Waals surface area contributed by atoms with Gasteiger partial charge in [-0.3, -0.25) is 4.79 Å². The predicted molar refractivity (Wildman–Crippen MR) is 121 cm³/mol. The molecule has 0 bridgehead atoms. The second-order valence-corrected chi connectivity index (χ2v) is 7.59. The first-order valence-electron chi connectivity index (χ1n) is 10.4. The number of ether oxygens (including phenoxy) is 3. The van der Waals surface area contributed by atoms with Gasteiger partial charge < -0.3 is 33.9 Å². The number of carbonyl (C=O) groups is 3. The molecule has 3 rings (SSSR count). The molecule has 1 heterocycles. The van der Waals surface area contributed by atoms with Crippen LogP contribution in [0.2, 0.25) is 0 Å². The lowest BCUT2D eigenvalue weighted by atomic mass is 10.0. The second kappa shape index (κ2) is 10.2. The van der Waals surface area contributed by atoms with Gasteiger partial charge in [-0.1, -0.05) is 12.1 Å². The molecular weight excluding hydrogens is 464 g/mol. The third-order valence-electron chi connectivity index (χ3n) is 4.95. The molecule has 0 fully saturated rings. The van der Waals surface area contributed by atoms with Crippen LogP contribution in [0.25, 0.3) is 22.1 Å². The van der Waals surface area contributed by atoms with Crippen molar-refractivity contribution in [3.05, 3.63) is 52.9 Å². The largest absolute Gasteiger partial charge is 0.479 e. The Balaban J connectivity index is 2.08. The van der Waals surface area contributed by atoms with Gasteiger partial charge in [0.25, 0.3) is 0 Å². The van der Waals surface area contributed by atoms with Crippen molar-refractivity contribution >= 4 is 28.9 Å². The maximum Gasteiger partial charge on any atom is 0.344 e. The van der Waals surface area contributed by atoms with Crippen LogP contribution in [0.4, 0.5) is 0 Å². The van der Waals surface area contributed by atoms with Crippen molar-refractivity contribution in [2.24, 2.45) is 0 Å². The smallest absolute Gasteiger partial charge is 0.344 e. The molecule has 11 nitrogen and oxygen atoms in total. The number of aliphatic carboxylic acids is 3. The normalized spacial score (nSPS) is 13.5. The number of hydrogen-bond donors (Lipinski definition) is 3. The molecule has 0 saturated carbocycles. The van der Waals surface area contributed by atoms with Crippen molar-refractivity contribution in [3.63, 3.8) is 0 Å². The van der Waals surface area contributed by atoms with Gasteiger partial charge in [-0.05, 0) is 38.5 Å². The third kappa shape index (κ3) is 5.69. The standard InChI is InChI=1S/C24H22O11/c1-11(22(26)27)33-15-6-4-14(5-7-15)17-10-32-18-8-16(34-12(2)23(28)29)9-19(20(18)21(17)25)35-13(3)24(30)31/h4-13H,1-3H3,(H,26,27)(H,28,29)(H,30,31)/t11-,12+,13-/m0/s1. The summed E-state index contributed by atoms with van der Waals surface area (Å²) in [7, 11) is 0. The lowest BCUT2D eigenvalue weighted by molar-refractivity contribution is -0.145. The minimum Gasteiger partial charge on any atom is -0.479 e. The maximum atomic E-state index is 13.4. The van der Waals surface area contributed by atoms with E-state index in [0.29, 0.717) is 5.56 Å². The quantitative estimate of drug-likeness (QED) is 0.385. The van der Waals surface area contributed by atoms with Gasteiger partial charge in [0.1, 0.15) is 34.5 Å². The van der Waals surface area contributed by atoms with E-state index in [9.17, 15) is 24.3 Å². The Bertz CT molecular complexity index is 1320. The first kappa shape index (κ1) is 25.1. The van der Waals surface area contributed by atoms with Crippen LogP contribution in [-0.4, -0.2) is 51.5 Å². The highest BCUT2D eigenvalue weighted by Gasteiger charge is 2.22. The summed E-state index contributed by atoms with van der Waals surface area (Å²) in [5.74, 6) is -3.51. The van der Waals surface area contributed by atoms with Crippen LogP contribution in [-0.2, 0) is 14.4 Å². The molecule has 2 aromatic carbocycles. The molecular formula is C24H22O11. The zero-order valence-electron chi connectivity index (χ0n) is 18.9. The van der Waals surface area contributed by atoms with Gasteiger partial charge >= 0.3 is 17.9 Å². The summed E-state index contributed by atoms with van der Waals surface area (Å²) in [6, 6.07) is 8.59. The molecule has 0 aliphatic carbocycles. The molecule has 0 unspecified atom stereocenters. The molecule has 0 aliphatic heterocycles. The summed E-state index contributed by atoms with van der Waals surface area (Å²) in [4.78, 5) is 46.8. The van der Waals surface area contributed by atoms with Crippen molar-refractivity contribution in [3.8, 4) is 28.4 Å². The molecule has 184 valence electrons. The Morgan fingerprint density at radius 1 is 0.771 bits per heavy atom. The minimum absolute atomic E-state index is 0.00309. The minimum atomic E-state index is -1.33. The van der Waals surface area contributed by atoms with E-state index in [1.165, 1.54) is 63.4 Å². The highest BCUT2D eigenvalue weighted by Crippen LogP contribution is 2.33. The molecule has 11 heteroatoms. The number of carboxylic acids is 3. The van der Waals surface area contributed by atoms with Crippen LogP contribution in [0, 0.1) is 0 Å². The maximum absolute atomic E-state index is 13.4. The van der Waals surface area contributed by atoms with E-state index in [0.717, 1.165) is 0 Å². The number of rotatable bonds is 10. The van der Waals surface area contributed by atoms with Crippen LogP contribution < -0.4 is 19.6 Å². The van der Waals surface area contributed by atoms with Crippen molar-refractivity contribution in [1.82, 2.24) is 0 Å². The van der Waals surface area contributed by atoms with Gasteiger partial charge in [0, 0.05) is 12.1 Å². The average molecular weight is 486 g/mol. The topological polar surface area (TPSA) is 170 Å².